The van der Waals surface area contributed by atoms with E-state index in [2.05, 4.69) is 15.5 Å². The van der Waals surface area contributed by atoms with E-state index in [9.17, 15) is 13.2 Å². The minimum absolute atomic E-state index is 0.0657. The highest BCUT2D eigenvalue weighted by molar-refractivity contribution is 5.67. The summed E-state index contributed by atoms with van der Waals surface area (Å²) in [5.74, 6) is 0. The van der Waals surface area contributed by atoms with Crippen LogP contribution in [0.25, 0.3) is 0 Å². The van der Waals surface area contributed by atoms with Crippen LogP contribution < -0.4 is 11.1 Å². The number of nitrogens with one attached hydrogen (secondary N) is 2. The second kappa shape index (κ2) is 4.83. The van der Waals surface area contributed by atoms with Gasteiger partial charge in [-0.15, -0.1) is 0 Å². The van der Waals surface area contributed by atoms with Crippen LogP contribution in [0.4, 0.5) is 24.5 Å². The third-order valence-corrected chi connectivity index (χ3v) is 2.78. The number of nitrogen functional groups attached to an aromatic ring is 1. The molecule has 1 aromatic heterocycles. The lowest BCUT2D eigenvalue weighted by atomic mass is 10.1. The van der Waals surface area contributed by atoms with Crippen LogP contribution in [0.3, 0.4) is 0 Å². The molecule has 0 aliphatic heterocycles. The summed E-state index contributed by atoms with van der Waals surface area (Å²) in [5, 5.41) is 9.62. The monoisotopic (exact) mass is 270 g/mol. The maximum absolute atomic E-state index is 12.5. The van der Waals surface area contributed by atoms with Gasteiger partial charge in [-0.3, -0.25) is 5.10 Å². The van der Waals surface area contributed by atoms with Gasteiger partial charge in [-0.25, -0.2) is 0 Å². The van der Waals surface area contributed by atoms with E-state index in [1.165, 1.54) is 6.07 Å². The zero-order chi connectivity index (χ0) is 14.0. The largest absolute Gasteiger partial charge is 0.416 e. The summed E-state index contributed by atoms with van der Waals surface area (Å²) in [5.41, 5.74) is 7.22. The smallest absolute Gasteiger partial charge is 0.397 e. The fraction of sp³-hybridized carbons (Fsp3) is 0.250. The number of nitrogens with two attached hydrogens (primary N) is 1. The Labute approximate surface area is 107 Å². The summed E-state index contributed by atoms with van der Waals surface area (Å²) < 4.78 is 37.4. The van der Waals surface area contributed by atoms with Crippen molar-refractivity contribution >= 4 is 11.4 Å². The first-order chi connectivity index (χ1) is 8.88. The molecule has 1 heterocycles. The number of aromatic amines is 1. The number of hydrogen-bond acceptors (Lipinski definition) is 3. The Hall–Kier alpha value is -2.18. The Balaban J connectivity index is 2.12. The lowest BCUT2D eigenvalue weighted by molar-refractivity contribution is -0.137. The number of rotatable bonds is 3. The summed E-state index contributed by atoms with van der Waals surface area (Å²) in [4.78, 5) is 0. The van der Waals surface area contributed by atoms with E-state index in [0.717, 1.165) is 23.4 Å². The van der Waals surface area contributed by atoms with Gasteiger partial charge < -0.3 is 11.1 Å². The molecule has 4 N–H and O–H groups in total. The molecule has 102 valence electrons. The Bertz CT molecular complexity index is 575. The van der Waals surface area contributed by atoms with Crippen molar-refractivity contribution in [2.45, 2.75) is 19.6 Å². The van der Waals surface area contributed by atoms with Gasteiger partial charge in [0, 0.05) is 17.8 Å². The number of hydrogen-bond donors (Lipinski definition) is 3. The van der Waals surface area contributed by atoms with Crippen molar-refractivity contribution in [2.24, 2.45) is 0 Å². The van der Waals surface area contributed by atoms with E-state index >= 15 is 0 Å². The van der Waals surface area contributed by atoms with E-state index in [1.807, 2.05) is 6.92 Å². The first-order valence-electron chi connectivity index (χ1n) is 5.57. The molecule has 7 heteroatoms. The molecule has 1 aromatic carbocycles. The normalized spacial score (nSPS) is 11.6. The topological polar surface area (TPSA) is 66.7 Å². The van der Waals surface area contributed by atoms with E-state index in [1.54, 1.807) is 6.20 Å². The molecule has 2 aromatic rings. The molecule has 0 radical (unpaired) electrons. The molecule has 0 bridgehead atoms. The van der Waals surface area contributed by atoms with Crippen LogP contribution in [0.5, 0.6) is 0 Å². The zero-order valence-corrected chi connectivity index (χ0v) is 10.2. The zero-order valence-electron chi connectivity index (χ0n) is 10.2. The third kappa shape index (κ3) is 2.98. The lowest BCUT2D eigenvalue weighted by Gasteiger charge is -2.12. The standard InChI is InChI=1S/C12H13F3N4/c1-7-8(6-18-19-7)5-17-11-3-2-9(4-10(11)16)12(13,14)15/h2-4,6,17H,5,16H2,1H3,(H,18,19). The predicted octanol–water partition coefficient (Wildman–Crippen LogP) is 2.93. The third-order valence-electron chi connectivity index (χ3n) is 2.78. The molecule has 19 heavy (non-hydrogen) atoms. The number of aryl methyl sites for hydroxylation is 1. The Morgan fingerprint density at radius 2 is 2.11 bits per heavy atom. The van der Waals surface area contributed by atoms with Crippen LogP contribution in [0.15, 0.2) is 24.4 Å². The van der Waals surface area contributed by atoms with Crippen LogP contribution in [-0.4, -0.2) is 10.2 Å². The highest BCUT2D eigenvalue weighted by Gasteiger charge is 2.30. The Morgan fingerprint density at radius 1 is 1.37 bits per heavy atom. The van der Waals surface area contributed by atoms with Gasteiger partial charge in [0.1, 0.15) is 0 Å². The van der Waals surface area contributed by atoms with Crippen molar-refractivity contribution < 1.29 is 13.2 Å². The summed E-state index contributed by atoms with van der Waals surface area (Å²) in [6, 6.07) is 3.25. The van der Waals surface area contributed by atoms with Crippen LogP contribution in [0, 0.1) is 6.92 Å². The van der Waals surface area contributed by atoms with Gasteiger partial charge >= 0.3 is 6.18 Å². The highest BCUT2D eigenvalue weighted by Crippen LogP contribution is 2.32. The molecule has 4 nitrogen and oxygen atoms in total. The van der Waals surface area contributed by atoms with Crippen molar-refractivity contribution in [3.05, 3.63) is 41.2 Å². The van der Waals surface area contributed by atoms with E-state index in [-0.39, 0.29) is 5.69 Å². The number of alkyl halides is 3. The number of H-pyrrole nitrogens is 1. The molecule has 0 saturated heterocycles. The van der Waals surface area contributed by atoms with Gasteiger partial charge in [-0.1, -0.05) is 0 Å². The molecule has 0 amide bonds. The van der Waals surface area contributed by atoms with Gasteiger partial charge in [0.15, 0.2) is 0 Å². The van der Waals surface area contributed by atoms with Crippen LogP contribution >= 0.6 is 0 Å². The first-order valence-corrected chi connectivity index (χ1v) is 5.57. The average Bonchev–Trinajstić information content (AvgIpc) is 2.72. The average molecular weight is 270 g/mol. The molecule has 0 saturated carbocycles. The first kappa shape index (κ1) is 13.3. The van der Waals surface area contributed by atoms with Crippen molar-refractivity contribution in [1.82, 2.24) is 10.2 Å². The van der Waals surface area contributed by atoms with Crippen LogP contribution in [-0.2, 0) is 12.7 Å². The summed E-state index contributed by atoms with van der Waals surface area (Å²) in [6.07, 6.45) is -2.73. The fourth-order valence-electron chi connectivity index (χ4n) is 1.64. The predicted molar refractivity (Wildman–Crippen MR) is 66.5 cm³/mol. The fourth-order valence-corrected chi connectivity index (χ4v) is 1.64. The van der Waals surface area contributed by atoms with Gasteiger partial charge in [-0.05, 0) is 25.1 Å². The van der Waals surface area contributed by atoms with Crippen LogP contribution in [0.1, 0.15) is 16.8 Å². The summed E-state index contributed by atoms with van der Waals surface area (Å²) >= 11 is 0. The van der Waals surface area contributed by atoms with Gasteiger partial charge in [0.05, 0.1) is 23.1 Å². The quantitative estimate of drug-likeness (QED) is 0.751. The van der Waals surface area contributed by atoms with Crippen molar-refractivity contribution in [3.63, 3.8) is 0 Å². The molecular formula is C12H13F3N4. The SMILES string of the molecule is Cc1[nH]ncc1CNc1ccc(C(F)(F)F)cc1N. The van der Waals surface area contributed by atoms with Crippen molar-refractivity contribution in [1.29, 1.82) is 0 Å². The minimum atomic E-state index is -4.38. The minimum Gasteiger partial charge on any atom is -0.397 e. The van der Waals surface area contributed by atoms with Crippen molar-refractivity contribution in [2.75, 3.05) is 11.1 Å². The highest BCUT2D eigenvalue weighted by atomic mass is 19.4. The molecule has 2 rings (SSSR count). The number of halogens is 3. The molecule has 0 atom stereocenters. The second-order valence-corrected chi connectivity index (χ2v) is 4.17. The van der Waals surface area contributed by atoms with Gasteiger partial charge in [-0.2, -0.15) is 18.3 Å². The number of benzene rings is 1. The maximum atomic E-state index is 12.5. The van der Waals surface area contributed by atoms with Crippen molar-refractivity contribution in [3.8, 4) is 0 Å². The van der Waals surface area contributed by atoms with Gasteiger partial charge in [0.2, 0.25) is 0 Å². The van der Waals surface area contributed by atoms with Crippen LogP contribution in [0.2, 0.25) is 0 Å². The molecule has 0 spiro atoms. The molecular weight excluding hydrogens is 257 g/mol. The number of nitrogens with zero attached hydrogens (tertiary/aromatic N) is 1. The molecule has 0 aliphatic rings. The lowest BCUT2D eigenvalue weighted by Crippen LogP contribution is -2.08. The Kier molecular flexibility index (Phi) is 3.37. The summed E-state index contributed by atoms with van der Waals surface area (Å²) in [7, 11) is 0. The molecule has 0 fully saturated rings. The summed E-state index contributed by atoms with van der Waals surface area (Å²) in [6.45, 7) is 2.30. The van der Waals surface area contributed by atoms with Gasteiger partial charge in [0.25, 0.3) is 0 Å². The number of anilines is 2. The number of aromatic nitrogens is 2. The Morgan fingerprint density at radius 3 is 2.63 bits per heavy atom. The van der Waals surface area contributed by atoms with E-state index in [4.69, 9.17) is 5.73 Å². The molecule has 0 unspecified atom stereocenters. The maximum Gasteiger partial charge on any atom is 0.416 e. The molecule has 0 aliphatic carbocycles. The van der Waals surface area contributed by atoms with E-state index < -0.39 is 11.7 Å². The van der Waals surface area contributed by atoms with E-state index in [0.29, 0.717) is 12.2 Å². The second-order valence-electron chi connectivity index (χ2n) is 4.17.